The number of likely N-dealkylation sites (tertiary alicyclic amines) is 1. The predicted octanol–water partition coefficient (Wildman–Crippen LogP) is 5.13. The van der Waals surface area contributed by atoms with Crippen molar-refractivity contribution in [3.05, 3.63) is 35.6 Å². The minimum Gasteiger partial charge on any atom is -0.334 e. The van der Waals surface area contributed by atoms with Crippen LogP contribution in [0.5, 0.6) is 0 Å². The van der Waals surface area contributed by atoms with Gasteiger partial charge in [0.25, 0.3) is 0 Å². The molecule has 1 aromatic carbocycles. The highest BCUT2D eigenvalue weighted by Crippen LogP contribution is 2.37. The van der Waals surface area contributed by atoms with E-state index in [1.165, 1.54) is 11.1 Å². The van der Waals surface area contributed by atoms with Gasteiger partial charge in [-0.25, -0.2) is 14.2 Å². The summed E-state index contributed by atoms with van der Waals surface area (Å²) < 4.78 is 14.5. The second kappa shape index (κ2) is 8.66. The van der Waals surface area contributed by atoms with Crippen LogP contribution < -0.4 is 5.32 Å². The first kappa shape index (κ1) is 22.7. The summed E-state index contributed by atoms with van der Waals surface area (Å²) in [5, 5.41) is 9.37. The van der Waals surface area contributed by atoms with Crippen LogP contribution in [0.15, 0.2) is 29.4 Å². The fourth-order valence-corrected chi connectivity index (χ4v) is 5.01. The van der Waals surface area contributed by atoms with Crippen molar-refractivity contribution in [1.29, 1.82) is 0 Å². The van der Waals surface area contributed by atoms with Gasteiger partial charge in [0.15, 0.2) is 0 Å². The minimum absolute atomic E-state index is 0.00401. The van der Waals surface area contributed by atoms with Crippen molar-refractivity contribution in [3.8, 4) is 0 Å². The van der Waals surface area contributed by atoms with Crippen molar-refractivity contribution in [3.63, 3.8) is 0 Å². The number of carbonyl (C=O) groups excluding carboxylic acids is 1. The molecule has 2 aliphatic heterocycles. The summed E-state index contributed by atoms with van der Waals surface area (Å²) in [5.74, 6) is -0.401. The SMILES string of the molecule is CCCCC1=NN(C(=O)NC2CC(C)(C)N(C)C(C)(C)C2)CC1c1ccccc1F. The van der Waals surface area contributed by atoms with E-state index in [1.54, 1.807) is 6.07 Å². The molecule has 0 bridgehead atoms. The number of urea groups is 1. The Labute approximate surface area is 180 Å². The Morgan fingerprint density at radius 1 is 1.20 bits per heavy atom. The van der Waals surface area contributed by atoms with Gasteiger partial charge in [-0.2, -0.15) is 5.10 Å². The zero-order valence-electron chi connectivity index (χ0n) is 19.3. The van der Waals surface area contributed by atoms with Gasteiger partial charge in [0.1, 0.15) is 5.82 Å². The lowest BCUT2D eigenvalue weighted by atomic mass is 9.77. The molecule has 1 saturated heterocycles. The lowest BCUT2D eigenvalue weighted by Crippen LogP contribution is -2.63. The van der Waals surface area contributed by atoms with E-state index >= 15 is 0 Å². The summed E-state index contributed by atoms with van der Waals surface area (Å²) >= 11 is 0. The molecule has 166 valence electrons. The van der Waals surface area contributed by atoms with E-state index in [0.29, 0.717) is 12.1 Å². The van der Waals surface area contributed by atoms with Crippen LogP contribution in [-0.4, -0.2) is 52.4 Å². The first-order valence-electron chi connectivity index (χ1n) is 11.2. The van der Waals surface area contributed by atoms with Crippen LogP contribution in [0.3, 0.4) is 0 Å². The summed E-state index contributed by atoms with van der Waals surface area (Å²) in [6, 6.07) is 6.75. The average molecular weight is 417 g/mol. The predicted molar refractivity (Wildman–Crippen MR) is 120 cm³/mol. The van der Waals surface area contributed by atoms with Gasteiger partial charge in [0.2, 0.25) is 0 Å². The van der Waals surface area contributed by atoms with Crippen molar-refractivity contribution >= 4 is 11.7 Å². The number of nitrogens with one attached hydrogen (secondary N) is 1. The summed E-state index contributed by atoms with van der Waals surface area (Å²) in [5.41, 5.74) is 1.52. The van der Waals surface area contributed by atoms with Gasteiger partial charge >= 0.3 is 6.03 Å². The van der Waals surface area contributed by atoms with Crippen LogP contribution in [0.1, 0.15) is 78.2 Å². The fraction of sp³-hybridized carbons (Fsp3) is 0.667. The molecule has 1 N–H and O–H groups in total. The van der Waals surface area contributed by atoms with E-state index in [0.717, 1.165) is 37.8 Å². The maximum atomic E-state index is 14.5. The first-order chi connectivity index (χ1) is 14.0. The van der Waals surface area contributed by atoms with E-state index in [2.05, 4.69) is 57.0 Å². The highest BCUT2D eigenvalue weighted by molar-refractivity contribution is 5.94. The number of rotatable bonds is 5. The molecule has 0 aromatic heterocycles. The van der Waals surface area contributed by atoms with Gasteiger partial charge in [-0.1, -0.05) is 31.5 Å². The number of hydrazone groups is 1. The molecule has 1 unspecified atom stereocenters. The second-order valence-corrected chi connectivity index (χ2v) is 10.1. The molecule has 5 nitrogen and oxygen atoms in total. The Kier molecular flexibility index (Phi) is 6.56. The standard InChI is InChI=1S/C24H37FN4O/c1-7-8-13-21-19(18-11-9-10-12-20(18)25)16-29(27-21)22(30)26-17-14-23(2,3)28(6)24(4,5)15-17/h9-12,17,19H,7-8,13-16H2,1-6H3,(H,26,30). The van der Waals surface area contributed by atoms with Crippen LogP contribution in [-0.2, 0) is 0 Å². The molecule has 2 amide bonds. The van der Waals surface area contributed by atoms with E-state index in [4.69, 9.17) is 0 Å². The van der Waals surface area contributed by atoms with Gasteiger partial charge in [-0.3, -0.25) is 4.90 Å². The Hall–Kier alpha value is -1.95. The smallest absolute Gasteiger partial charge is 0.334 e. The Morgan fingerprint density at radius 3 is 2.43 bits per heavy atom. The molecule has 0 saturated carbocycles. The van der Waals surface area contributed by atoms with Crippen molar-refractivity contribution in [1.82, 2.24) is 15.2 Å². The third-order valence-electron chi connectivity index (χ3n) is 6.94. The van der Waals surface area contributed by atoms with E-state index in [-0.39, 0.29) is 34.9 Å². The van der Waals surface area contributed by atoms with E-state index in [1.807, 2.05) is 12.1 Å². The number of halogens is 1. The molecular weight excluding hydrogens is 379 g/mol. The van der Waals surface area contributed by atoms with Crippen LogP contribution in [0.4, 0.5) is 9.18 Å². The maximum Gasteiger partial charge on any atom is 0.338 e. The number of benzene rings is 1. The van der Waals surface area contributed by atoms with Crippen molar-refractivity contribution < 1.29 is 9.18 Å². The summed E-state index contributed by atoms with van der Waals surface area (Å²) in [4.78, 5) is 15.5. The molecular formula is C24H37FN4O. The molecule has 0 spiro atoms. The lowest BCUT2D eigenvalue weighted by molar-refractivity contribution is -0.0165. The molecule has 2 aliphatic rings. The van der Waals surface area contributed by atoms with Gasteiger partial charge in [-0.05, 0) is 72.1 Å². The van der Waals surface area contributed by atoms with Gasteiger partial charge in [-0.15, -0.1) is 0 Å². The normalized spacial score (nSPS) is 24.0. The minimum atomic E-state index is -0.229. The molecule has 2 heterocycles. The Morgan fingerprint density at radius 2 is 1.83 bits per heavy atom. The highest BCUT2D eigenvalue weighted by Gasteiger charge is 2.44. The summed E-state index contributed by atoms with van der Waals surface area (Å²) in [6.45, 7) is 11.4. The third-order valence-corrected chi connectivity index (χ3v) is 6.94. The highest BCUT2D eigenvalue weighted by atomic mass is 19.1. The Balaban J connectivity index is 1.74. The van der Waals surface area contributed by atoms with Crippen molar-refractivity contribution in [2.45, 2.75) is 89.8 Å². The number of amides is 2. The molecule has 1 fully saturated rings. The Bertz CT molecular complexity index is 786. The summed E-state index contributed by atoms with van der Waals surface area (Å²) in [6.07, 6.45) is 4.57. The van der Waals surface area contributed by atoms with Crippen LogP contribution in [0.25, 0.3) is 0 Å². The van der Waals surface area contributed by atoms with Gasteiger partial charge < -0.3 is 5.32 Å². The molecule has 30 heavy (non-hydrogen) atoms. The third kappa shape index (κ3) is 4.69. The molecule has 0 radical (unpaired) electrons. The van der Waals surface area contributed by atoms with Crippen LogP contribution in [0.2, 0.25) is 0 Å². The monoisotopic (exact) mass is 416 g/mol. The summed E-state index contributed by atoms with van der Waals surface area (Å²) in [7, 11) is 2.15. The molecule has 1 atom stereocenters. The van der Waals surface area contributed by atoms with E-state index < -0.39 is 0 Å². The topological polar surface area (TPSA) is 47.9 Å². The van der Waals surface area contributed by atoms with Gasteiger partial charge in [0, 0.05) is 28.7 Å². The molecule has 0 aliphatic carbocycles. The number of carbonyl (C=O) groups is 1. The average Bonchev–Trinajstić information content (AvgIpc) is 3.08. The number of hydrogen-bond donors (Lipinski definition) is 1. The first-order valence-corrected chi connectivity index (χ1v) is 11.2. The molecule has 1 aromatic rings. The van der Waals surface area contributed by atoms with Gasteiger partial charge in [0.05, 0.1) is 6.54 Å². The maximum absolute atomic E-state index is 14.5. The number of hydrogen-bond acceptors (Lipinski definition) is 3. The fourth-order valence-electron chi connectivity index (χ4n) is 5.01. The number of piperidine rings is 1. The quantitative estimate of drug-likeness (QED) is 0.723. The second-order valence-electron chi connectivity index (χ2n) is 10.1. The van der Waals surface area contributed by atoms with E-state index in [9.17, 15) is 9.18 Å². The van der Waals surface area contributed by atoms with Crippen molar-refractivity contribution in [2.24, 2.45) is 5.10 Å². The van der Waals surface area contributed by atoms with Crippen molar-refractivity contribution in [2.75, 3.05) is 13.6 Å². The number of nitrogens with zero attached hydrogens (tertiary/aromatic N) is 3. The van der Waals surface area contributed by atoms with Crippen LogP contribution in [0, 0.1) is 5.82 Å². The number of unbranched alkanes of at least 4 members (excludes halogenated alkanes) is 1. The zero-order chi connectivity index (χ0) is 22.1. The molecule has 3 rings (SSSR count). The largest absolute Gasteiger partial charge is 0.338 e. The van der Waals surface area contributed by atoms with Crippen LogP contribution >= 0.6 is 0 Å². The zero-order valence-corrected chi connectivity index (χ0v) is 19.3. The lowest BCUT2D eigenvalue weighted by Gasteiger charge is -2.53. The molecule has 6 heteroatoms.